The summed E-state index contributed by atoms with van der Waals surface area (Å²) < 4.78 is 2.24. The first-order chi connectivity index (χ1) is 22.8. The van der Waals surface area contributed by atoms with Crippen LogP contribution in [0.1, 0.15) is 77.6 Å². The molecule has 0 fully saturated rings. The van der Waals surface area contributed by atoms with E-state index >= 15 is 0 Å². The van der Waals surface area contributed by atoms with Crippen LogP contribution in [0.4, 0.5) is 0 Å². The van der Waals surface area contributed by atoms with Gasteiger partial charge in [0, 0.05) is 27.3 Å². The zero-order valence-corrected chi connectivity index (χ0v) is 29.2. The van der Waals surface area contributed by atoms with Crippen molar-refractivity contribution < 1.29 is 0 Å². The SMILES string of the molecule is CC(C)(C)c1ccc(-c2nc(-c3ccc(C(C)(C)C)cc3)nc(-n3c4ccccc4c4cc5c(cc43)-c3ccccc3C5(C)C)n2)cc1. The number of fused-ring (bicyclic) bond motifs is 6. The Morgan fingerprint density at radius 1 is 0.500 bits per heavy atom. The molecule has 0 spiro atoms. The van der Waals surface area contributed by atoms with E-state index in [2.05, 4.69) is 169 Å². The first kappa shape index (κ1) is 30.3. The molecule has 0 atom stereocenters. The second-order valence-corrected chi connectivity index (χ2v) is 15.9. The van der Waals surface area contributed by atoms with Gasteiger partial charge in [-0.15, -0.1) is 0 Å². The smallest absolute Gasteiger partial charge is 0.238 e. The lowest BCUT2D eigenvalue weighted by Crippen LogP contribution is -2.14. The van der Waals surface area contributed by atoms with E-state index < -0.39 is 0 Å². The van der Waals surface area contributed by atoms with E-state index in [9.17, 15) is 0 Å². The van der Waals surface area contributed by atoms with Crippen LogP contribution in [0.5, 0.6) is 0 Å². The van der Waals surface area contributed by atoms with Crippen molar-refractivity contribution >= 4 is 21.8 Å². The van der Waals surface area contributed by atoms with E-state index in [0.717, 1.165) is 22.2 Å². The Morgan fingerprint density at radius 2 is 1.04 bits per heavy atom. The Hall–Kier alpha value is -5.09. The molecule has 8 rings (SSSR count). The van der Waals surface area contributed by atoms with Gasteiger partial charge >= 0.3 is 0 Å². The van der Waals surface area contributed by atoms with E-state index in [1.807, 2.05) is 0 Å². The van der Waals surface area contributed by atoms with Gasteiger partial charge in [0.05, 0.1) is 11.0 Å². The molecule has 0 aliphatic heterocycles. The Morgan fingerprint density at radius 3 is 1.62 bits per heavy atom. The van der Waals surface area contributed by atoms with E-state index in [4.69, 9.17) is 15.0 Å². The summed E-state index contributed by atoms with van der Waals surface area (Å²) in [6, 6.07) is 39.5. The molecule has 7 aromatic rings. The van der Waals surface area contributed by atoms with Gasteiger partial charge in [-0.1, -0.05) is 146 Å². The zero-order chi connectivity index (χ0) is 33.6. The molecule has 0 unspecified atom stereocenters. The third-order valence-electron chi connectivity index (χ3n) is 10.2. The molecule has 0 N–H and O–H groups in total. The average molecular weight is 627 g/mol. The van der Waals surface area contributed by atoms with Crippen LogP contribution >= 0.6 is 0 Å². The van der Waals surface area contributed by atoms with Crippen molar-refractivity contribution in [2.45, 2.75) is 71.6 Å². The second-order valence-electron chi connectivity index (χ2n) is 15.9. The minimum atomic E-state index is -0.0880. The van der Waals surface area contributed by atoms with Crippen LogP contribution in [0.2, 0.25) is 0 Å². The zero-order valence-electron chi connectivity index (χ0n) is 29.2. The Kier molecular flexibility index (Phi) is 6.59. The van der Waals surface area contributed by atoms with Gasteiger partial charge < -0.3 is 0 Å². The average Bonchev–Trinajstić information content (AvgIpc) is 3.51. The lowest BCUT2D eigenvalue weighted by atomic mass is 9.82. The Labute approximate surface area is 283 Å². The summed E-state index contributed by atoms with van der Waals surface area (Å²) in [7, 11) is 0. The predicted molar refractivity (Wildman–Crippen MR) is 200 cm³/mol. The van der Waals surface area contributed by atoms with Crippen molar-refractivity contribution in [2.24, 2.45) is 0 Å². The van der Waals surface area contributed by atoms with Crippen LogP contribution in [0.25, 0.3) is 61.7 Å². The summed E-state index contributed by atoms with van der Waals surface area (Å²) in [4.78, 5) is 15.6. The molecule has 0 saturated heterocycles. The molecule has 2 heterocycles. The summed E-state index contributed by atoms with van der Waals surface area (Å²) in [6.07, 6.45) is 0. The summed E-state index contributed by atoms with van der Waals surface area (Å²) in [6.45, 7) is 18.1. The summed E-state index contributed by atoms with van der Waals surface area (Å²) in [5.41, 5.74) is 12.0. The van der Waals surface area contributed by atoms with Crippen molar-refractivity contribution in [2.75, 3.05) is 0 Å². The lowest BCUT2D eigenvalue weighted by molar-refractivity contribution is 0.590. The van der Waals surface area contributed by atoms with E-state index in [0.29, 0.717) is 17.6 Å². The molecule has 0 saturated carbocycles. The second kappa shape index (κ2) is 10.5. The molecule has 0 radical (unpaired) electrons. The quantitative estimate of drug-likeness (QED) is 0.196. The van der Waals surface area contributed by atoms with E-state index in [1.54, 1.807) is 0 Å². The van der Waals surface area contributed by atoms with Gasteiger partial charge in [-0.2, -0.15) is 9.97 Å². The first-order valence-corrected chi connectivity index (χ1v) is 17.0. The molecule has 48 heavy (non-hydrogen) atoms. The first-order valence-electron chi connectivity index (χ1n) is 17.0. The fraction of sp³-hybridized carbons (Fsp3) is 0.250. The summed E-state index contributed by atoms with van der Waals surface area (Å²) in [5.74, 6) is 1.94. The minimum absolute atomic E-state index is 0.0547. The molecule has 1 aliphatic carbocycles. The Balaban J connectivity index is 1.40. The highest BCUT2D eigenvalue weighted by Gasteiger charge is 2.36. The van der Waals surface area contributed by atoms with Gasteiger partial charge in [-0.25, -0.2) is 4.98 Å². The van der Waals surface area contributed by atoms with Crippen LogP contribution in [0, 0.1) is 0 Å². The minimum Gasteiger partial charge on any atom is -0.278 e. The Bertz CT molecular complexity index is 2280. The van der Waals surface area contributed by atoms with E-state index in [1.165, 1.54) is 44.2 Å². The summed E-state index contributed by atoms with van der Waals surface area (Å²) >= 11 is 0. The number of rotatable bonds is 3. The lowest BCUT2D eigenvalue weighted by Gasteiger charge is -2.21. The molecule has 5 aromatic carbocycles. The number of aromatic nitrogens is 4. The van der Waals surface area contributed by atoms with Gasteiger partial charge in [-0.3, -0.25) is 4.57 Å². The summed E-state index contributed by atoms with van der Waals surface area (Å²) in [5, 5.41) is 2.40. The van der Waals surface area contributed by atoms with Crippen LogP contribution in [0.3, 0.4) is 0 Å². The van der Waals surface area contributed by atoms with Crippen molar-refractivity contribution in [1.82, 2.24) is 19.5 Å². The fourth-order valence-electron chi connectivity index (χ4n) is 7.34. The number of hydrogen-bond acceptors (Lipinski definition) is 3. The topological polar surface area (TPSA) is 43.6 Å². The molecule has 2 aromatic heterocycles. The monoisotopic (exact) mass is 626 g/mol. The van der Waals surface area contributed by atoms with Crippen LogP contribution < -0.4 is 0 Å². The van der Waals surface area contributed by atoms with E-state index in [-0.39, 0.29) is 16.2 Å². The molecular weight excluding hydrogens is 585 g/mol. The van der Waals surface area contributed by atoms with Gasteiger partial charge in [-0.05, 0) is 62.4 Å². The maximum atomic E-state index is 5.23. The maximum absolute atomic E-state index is 5.23. The van der Waals surface area contributed by atoms with Crippen molar-refractivity contribution in [3.63, 3.8) is 0 Å². The maximum Gasteiger partial charge on any atom is 0.238 e. The van der Waals surface area contributed by atoms with Gasteiger partial charge in [0.2, 0.25) is 5.95 Å². The number of benzene rings is 5. The van der Waals surface area contributed by atoms with Gasteiger partial charge in [0.25, 0.3) is 0 Å². The highest BCUT2D eigenvalue weighted by Crippen LogP contribution is 2.50. The van der Waals surface area contributed by atoms with Crippen molar-refractivity contribution in [1.29, 1.82) is 0 Å². The standard InChI is InChI=1S/C44H42N4/c1-42(2,3)29-21-17-27(18-22-29)39-45-40(28-19-23-30(24-20-28)43(4,5)6)47-41(46-39)48-37-16-12-10-14-32(37)34-25-36-33(26-38(34)48)31-13-9-11-15-35(31)44(36,7)8/h9-26H,1-8H3. The van der Waals surface area contributed by atoms with Crippen LogP contribution in [-0.4, -0.2) is 19.5 Å². The molecule has 4 heteroatoms. The molecule has 4 nitrogen and oxygen atoms in total. The number of hydrogen-bond donors (Lipinski definition) is 0. The molecule has 238 valence electrons. The normalized spacial score (nSPS) is 14.0. The number of nitrogens with zero attached hydrogens (tertiary/aromatic N) is 4. The predicted octanol–water partition coefficient (Wildman–Crippen LogP) is 11.2. The van der Waals surface area contributed by atoms with Crippen LogP contribution in [-0.2, 0) is 16.2 Å². The number of para-hydroxylation sites is 1. The molecule has 0 bridgehead atoms. The van der Waals surface area contributed by atoms with Gasteiger partial charge in [0.1, 0.15) is 0 Å². The third kappa shape index (κ3) is 4.77. The van der Waals surface area contributed by atoms with Gasteiger partial charge in [0.15, 0.2) is 11.6 Å². The molecule has 1 aliphatic rings. The highest BCUT2D eigenvalue weighted by molar-refractivity contribution is 6.11. The van der Waals surface area contributed by atoms with Crippen molar-refractivity contribution in [3.8, 4) is 39.9 Å². The van der Waals surface area contributed by atoms with Crippen LogP contribution in [0.15, 0.2) is 109 Å². The highest BCUT2D eigenvalue weighted by atomic mass is 15.2. The largest absolute Gasteiger partial charge is 0.278 e. The van der Waals surface area contributed by atoms with Crippen molar-refractivity contribution in [3.05, 3.63) is 131 Å². The molecule has 0 amide bonds. The fourth-order valence-corrected chi connectivity index (χ4v) is 7.34. The third-order valence-corrected chi connectivity index (χ3v) is 10.2. The molecular formula is C44H42N4.